The summed E-state index contributed by atoms with van der Waals surface area (Å²) < 4.78 is 0. The number of carboxylic acids is 1. The van der Waals surface area contributed by atoms with Crippen LogP contribution in [-0.2, 0) is 0 Å². The quantitative estimate of drug-likeness (QED) is 0.645. The second kappa shape index (κ2) is 4.50. The van der Waals surface area contributed by atoms with E-state index in [2.05, 4.69) is 15.0 Å². The molecule has 0 saturated carbocycles. The van der Waals surface area contributed by atoms with E-state index >= 15 is 0 Å². The van der Waals surface area contributed by atoms with Gasteiger partial charge in [-0.1, -0.05) is 23.7 Å². The van der Waals surface area contributed by atoms with E-state index in [4.69, 9.17) is 16.7 Å². The normalized spacial score (nSPS) is 10.8. The van der Waals surface area contributed by atoms with Crippen molar-refractivity contribution < 1.29 is 14.7 Å². The minimum Gasteiger partial charge on any atom is -0.477 e. The van der Waals surface area contributed by atoms with Crippen LogP contribution in [0.3, 0.4) is 0 Å². The molecular formula is C13H8ClN3O3. The van der Waals surface area contributed by atoms with Crippen molar-refractivity contribution in [2.24, 2.45) is 0 Å². The number of aromatic carboxylic acids is 1. The maximum absolute atomic E-state index is 12.4. The van der Waals surface area contributed by atoms with Crippen LogP contribution in [0.2, 0.25) is 5.02 Å². The lowest BCUT2D eigenvalue weighted by Crippen LogP contribution is -2.09. The van der Waals surface area contributed by atoms with Crippen molar-refractivity contribution in [2.75, 3.05) is 0 Å². The summed E-state index contributed by atoms with van der Waals surface area (Å²) in [4.78, 5) is 32.6. The summed E-state index contributed by atoms with van der Waals surface area (Å²) in [5.74, 6) is -1.71. The van der Waals surface area contributed by atoms with Gasteiger partial charge in [-0.05, 0) is 6.07 Å². The Kier molecular flexibility index (Phi) is 2.80. The zero-order valence-electron chi connectivity index (χ0n) is 9.98. The number of carboxylic acid groups (broad SMARTS) is 1. The molecule has 2 heterocycles. The SMILES string of the molecule is O=C(O)c1[nH]cnc1C(=O)c1c[nH]c2c(Cl)cccc12. The Labute approximate surface area is 117 Å². The molecular weight excluding hydrogens is 282 g/mol. The number of carbonyl (C=O) groups excluding carboxylic acids is 1. The van der Waals surface area contributed by atoms with Gasteiger partial charge in [-0.15, -0.1) is 0 Å². The molecule has 20 heavy (non-hydrogen) atoms. The Morgan fingerprint density at radius 3 is 2.80 bits per heavy atom. The van der Waals surface area contributed by atoms with Gasteiger partial charge in [0.15, 0.2) is 5.69 Å². The number of para-hydroxylation sites is 1. The van der Waals surface area contributed by atoms with Crippen LogP contribution in [0.1, 0.15) is 26.5 Å². The van der Waals surface area contributed by atoms with E-state index in [0.717, 1.165) is 0 Å². The number of rotatable bonds is 3. The lowest BCUT2D eigenvalue weighted by Gasteiger charge is -1.98. The second-order valence-electron chi connectivity index (χ2n) is 4.13. The van der Waals surface area contributed by atoms with Gasteiger partial charge in [0, 0.05) is 17.1 Å². The first kappa shape index (κ1) is 12.4. The molecule has 7 heteroatoms. The second-order valence-corrected chi connectivity index (χ2v) is 4.53. The Morgan fingerprint density at radius 1 is 1.25 bits per heavy atom. The van der Waals surface area contributed by atoms with Gasteiger partial charge in [0.05, 0.1) is 16.9 Å². The number of ketones is 1. The number of nitrogens with zero attached hydrogens (tertiary/aromatic N) is 1. The first-order valence-corrected chi connectivity index (χ1v) is 6.04. The minimum atomic E-state index is -1.23. The van der Waals surface area contributed by atoms with Crippen molar-refractivity contribution in [1.82, 2.24) is 15.0 Å². The number of hydrogen-bond acceptors (Lipinski definition) is 3. The van der Waals surface area contributed by atoms with Gasteiger partial charge in [-0.2, -0.15) is 0 Å². The van der Waals surface area contributed by atoms with E-state index in [1.54, 1.807) is 18.2 Å². The van der Waals surface area contributed by atoms with Gasteiger partial charge < -0.3 is 15.1 Å². The Morgan fingerprint density at radius 2 is 2.05 bits per heavy atom. The van der Waals surface area contributed by atoms with Crippen LogP contribution in [0.4, 0.5) is 0 Å². The summed E-state index contributed by atoms with van der Waals surface area (Å²) in [6.45, 7) is 0. The summed E-state index contributed by atoms with van der Waals surface area (Å²) in [5.41, 5.74) is 0.604. The molecule has 2 aromatic heterocycles. The number of H-pyrrole nitrogens is 2. The van der Waals surface area contributed by atoms with Crippen LogP contribution in [0.25, 0.3) is 10.9 Å². The summed E-state index contributed by atoms with van der Waals surface area (Å²) in [5, 5.41) is 10.1. The number of fused-ring (bicyclic) bond motifs is 1. The van der Waals surface area contributed by atoms with Crippen molar-refractivity contribution in [2.45, 2.75) is 0 Å². The van der Waals surface area contributed by atoms with E-state index in [9.17, 15) is 9.59 Å². The first-order chi connectivity index (χ1) is 9.59. The molecule has 100 valence electrons. The van der Waals surface area contributed by atoms with Crippen LogP contribution in [-0.4, -0.2) is 31.8 Å². The van der Waals surface area contributed by atoms with E-state index in [-0.39, 0.29) is 11.4 Å². The molecule has 0 amide bonds. The van der Waals surface area contributed by atoms with Crippen molar-refractivity contribution in [3.8, 4) is 0 Å². The average Bonchev–Trinajstić information content (AvgIpc) is 3.05. The molecule has 3 aromatic rings. The molecule has 0 aliphatic heterocycles. The smallest absolute Gasteiger partial charge is 0.354 e. The third kappa shape index (κ3) is 1.78. The zero-order valence-corrected chi connectivity index (χ0v) is 10.7. The average molecular weight is 290 g/mol. The summed E-state index contributed by atoms with van der Waals surface area (Å²) in [6, 6.07) is 5.15. The monoisotopic (exact) mass is 289 g/mol. The molecule has 0 fully saturated rings. The van der Waals surface area contributed by atoms with Crippen molar-refractivity contribution in [1.29, 1.82) is 0 Å². The molecule has 0 aliphatic carbocycles. The fourth-order valence-corrected chi connectivity index (χ4v) is 2.29. The van der Waals surface area contributed by atoms with Gasteiger partial charge in [0.25, 0.3) is 0 Å². The van der Waals surface area contributed by atoms with Crippen LogP contribution in [0.5, 0.6) is 0 Å². The number of halogens is 1. The highest BCUT2D eigenvalue weighted by Gasteiger charge is 2.23. The first-order valence-electron chi connectivity index (χ1n) is 5.66. The fourth-order valence-electron chi connectivity index (χ4n) is 2.06. The van der Waals surface area contributed by atoms with Gasteiger partial charge in [0.2, 0.25) is 5.78 Å². The lowest BCUT2D eigenvalue weighted by molar-refractivity contribution is 0.0687. The molecule has 1 aromatic carbocycles. The predicted octanol–water partition coefficient (Wildman–Crippen LogP) is 2.47. The molecule has 0 radical (unpaired) electrons. The number of carbonyl (C=O) groups is 2. The molecule has 0 bridgehead atoms. The number of aromatic amines is 2. The third-order valence-electron chi connectivity index (χ3n) is 2.98. The number of imidazole rings is 1. The summed E-state index contributed by atoms with van der Waals surface area (Å²) in [6.07, 6.45) is 2.68. The molecule has 0 atom stereocenters. The van der Waals surface area contributed by atoms with E-state index in [1.807, 2.05) is 0 Å². The molecule has 0 spiro atoms. The van der Waals surface area contributed by atoms with Crippen LogP contribution in [0.15, 0.2) is 30.7 Å². The van der Waals surface area contributed by atoms with E-state index < -0.39 is 11.8 Å². The highest BCUT2D eigenvalue weighted by atomic mass is 35.5. The van der Waals surface area contributed by atoms with Gasteiger partial charge in [0.1, 0.15) is 5.69 Å². The van der Waals surface area contributed by atoms with E-state index in [0.29, 0.717) is 21.5 Å². The fraction of sp³-hybridized carbons (Fsp3) is 0. The Balaban J connectivity index is 2.16. The van der Waals surface area contributed by atoms with Crippen molar-refractivity contribution in [3.63, 3.8) is 0 Å². The number of hydrogen-bond donors (Lipinski definition) is 3. The maximum Gasteiger partial charge on any atom is 0.354 e. The Bertz CT molecular complexity index is 834. The van der Waals surface area contributed by atoms with Gasteiger partial charge in [-0.25, -0.2) is 9.78 Å². The molecule has 6 nitrogen and oxygen atoms in total. The maximum atomic E-state index is 12.4. The van der Waals surface area contributed by atoms with Gasteiger partial charge >= 0.3 is 5.97 Å². The summed E-state index contributed by atoms with van der Waals surface area (Å²) in [7, 11) is 0. The minimum absolute atomic E-state index is 0.127. The molecule has 0 unspecified atom stereocenters. The lowest BCUT2D eigenvalue weighted by atomic mass is 10.1. The van der Waals surface area contributed by atoms with Crippen molar-refractivity contribution in [3.05, 3.63) is 52.7 Å². The van der Waals surface area contributed by atoms with Crippen LogP contribution in [0, 0.1) is 0 Å². The van der Waals surface area contributed by atoms with Crippen molar-refractivity contribution >= 4 is 34.3 Å². The van der Waals surface area contributed by atoms with Crippen LogP contribution < -0.4 is 0 Å². The highest BCUT2D eigenvalue weighted by Crippen LogP contribution is 2.26. The topological polar surface area (TPSA) is 98.8 Å². The highest BCUT2D eigenvalue weighted by molar-refractivity contribution is 6.35. The number of aromatic nitrogens is 3. The predicted molar refractivity (Wildman–Crippen MR) is 72.3 cm³/mol. The number of nitrogens with one attached hydrogen (secondary N) is 2. The zero-order chi connectivity index (χ0) is 14.3. The van der Waals surface area contributed by atoms with Crippen LogP contribution >= 0.6 is 11.6 Å². The molecule has 3 N–H and O–H groups in total. The molecule has 0 aliphatic rings. The van der Waals surface area contributed by atoms with Gasteiger partial charge in [-0.3, -0.25) is 4.79 Å². The molecule has 0 saturated heterocycles. The summed E-state index contributed by atoms with van der Waals surface area (Å²) >= 11 is 6.02. The van der Waals surface area contributed by atoms with E-state index in [1.165, 1.54) is 12.5 Å². The largest absolute Gasteiger partial charge is 0.477 e. The molecule has 3 rings (SSSR count). The number of benzene rings is 1. The standard InChI is InChI=1S/C13H8ClN3O3/c14-8-3-1-2-6-7(4-15-9(6)8)12(18)10-11(13(19)20)17-5-16-10/h1-5,15H,(H,16,17)(H,19,20). The third-order valence-corrected chi connectivity index (χ3v) is 3.29. The Hall–Kier alpha value is -2.60.